The molecule has 3 heterocycles. The monoisotopic (exact) mass is 583 g/mol. The minimum Gasteiger partial charge on any atom is -0.487 e. The molecule has 0 amide bonds. The summed E-state index contributed by atoms with van der Waals surface area (Å²) in [4.78, 5) is 7.00. The van der Waals surface area contributed by atoms with Crippen molar-refractivity contribution in [1.29, 1.82) is 0 Å². The van der Waals surface area contributed by atoms with Gasteiger partial charge >= 0.3 is 0 Å². The molecule has 3 aliphatic heterocycles. The molecule has 40 heavy (non-hydrogen) atoms. The molecule has 9 heteroatoms. The first-order valence-electron chi connectivity index (χ1n) is 13.9. The molecule has 214 valence electrons. The number of allylic oxidation sites excluding steroid dienone is 2. The maximum Gasteiger partial charge on any atom is 0.211 e. The van der Waals surface area contributed by atoms with Crippen LogP contribution < -0.4 is 4.74 Å². The lowest BCUT2D eigenvalue weighted by Gasteiger charge is -2.27. The van der Waals surface area contributed by atoms with Crippen molar-refractivity contribution in [1.82, 2.24) is 9.21 Å². The normalized spacial score (nSPS) is 20.9. The van der Waals surface area contributed by atoms with Gasteiger partial charge in [-0.15, -0.1) is 0 Å². The molecule has 0 saturated carbocycles. The molecule has 0 aromatic heterocycles. The summed E-state index contributed by atoms with van der Waals surface area (Å²) < 4.78 is 33.2. The quantitative estimate of drug-likeness (QED) is 0.451. The van der Waals surface area contributed by atoms with Crippen LogP contribution in [-0.4, -0.2) is 67.5 Å². The van der Waals surface area contributed by atoms with Crippen LogP contribution >= 0.6 is 11.6 Å². The van der Waals surface area contributed by atoms with E-state index < -0.39 is 15.6 Å². The van der Waals surface area contributed by atoms with E-state index >= 15 is 0 Å². The van der Waals surface area contributed by atoms with E-state index in [4.69, 9.17) is 16.3 Å². The van der Waals surface area contributed by atoms with Crippen molar-refractivity contribution in [3.8, 4) is 5.75 Å². The maximum absolute atomic E-state index is 12.7. The van der Waals surface area contributed by atoms with E-state index in [0.717, 1.165) is 72.5 Å². The van der Waals surface area contributed by atoms with E-state index in [0.29, 0.717) is 24.7 Å². The number of aliphatic hydroxyl groups is 1. The zero-order valence-corrected chi connectivity index (χ0v) is 25.0. The molecule has 1 atom stereocenters. The van der Waals surface area contributed by atoms with Crippen molar-refractivity contribution in [3.05, 3.63) is 81.5 Å². The van der Waals surface area contributed by atoms with Gasteiger partial charge in [-0.05, 0) is 92.6 Å². The van der Waals surface area contributed by atoms with E-state index in [-0.39, 0.29) is 6.04 Å². The van der Waals surface area contributed by atoms with Gasteiger partial charge in [0.2, 0.25) is 10.0 Å². The Morgan fingerprint density at radius 3 is 2.73 bits per heavy atom. The molecular formula is C31H38ClN3O4S. The number of halogens is 1. The molecule has 0 unspecified atom stereocenters. The van der Waals surface area contributed by atoms with E-state index in [1.165, 1.54) is 11.8 Å². The third kappa shape index (κ3) is 6.69. The highest BCUT2D eigenvalue weighted by Crippen LogP contribution is 2.41. The number of fused-ring (bicyclic) bond motifs is 1. The fourth-order valence-electron chi connectivity index (χ4n) is 5.74. The number of nitrogens with zero attached hydrogens (tertiary/aromatic N) is 3. The maximum atomic E-state index is 12.7. The summed E-state index contributed by atoms with van der Waals surface area (Å²) in [5.74, 6) is 0.802. The lowest BCUT2D eigenvalue weighted by molar-refractivity contribution is 0.0785. The van der Waals surface area contributed by atoms with Crippen molar-refractivity contribution >= 4 is 33.4 Å². The Morgan fingerprint density at radius 1 is 1.23 bits per heavy atom. The average molecular weight is 584 g/mol. The fourth-order valence-corrected chi connectivity index (χ4v) is 6.96. The summed E-state index contributed by atoms with van der Waals surface area (Å²) in [6, 6.07) is 13.2. The zero-order chi connectivity index (χ0) is 28.5. The Kier molecular flexibility index (Phi) is 8.55. The number of aliphatic imine (C=N–C) groups is 1. The highest BCUT2D eigenvalue weighted by Gasteiger charge is 2.33. The number of sulfonamides is 1. The van der Waals surface area contributed by atoms with Crippen molar-refractivity contribution in [2.45, 2.75) is 57.7 Å². The van der Waals surface area contributed by atoms with E-state index in [2.05, 4.69) is 16.0 Å². The Bertz CT molecular complexity index is 1440. The van der Waals surface area contributed by atoms with Crippen LogP contribution in [0, 0.1) is 0 Å². The van der Waals surface area contributed by atoms with Crippen LogP contribution in [0.5, 0.6) is 5.75 Å². The lowest BCUT2D eigenvalue weighted by atomic mass is 9.88. The third-order valence-electron chi connectivity index (χ3n) is 7.91. The SMILES string of the molecule is CC(C)(O)c1ccc2c(c1)/C(=C/CCN1CC[C@H](N(Cc3ccc(Cl)cc3)S(C)(=O)=O)C1)C1=C(CO2)N=CCC1. The van der Waals surface area contributed by atoms with Gasteiger partial charge in [-0.3, -0.25) is 4.99 Å². The second-order valence-electron chi connectivity index (χ2n) is 11.4. The highest BCUT2D eigenvalue weighted by molar-refractivity contribution is 7.88. The predicted octanol–water partition coefficient (Wildman–Crippen LogP) is 5.39. The van der Waals surface area contributed by atoms with Crippen molar-refractivity contribution in [2.75, 3.05) is 32.5 Å². The zero-order valence-electron chi connectivity index (χ0n) is 23.4. The van der Waals surface area contributed by atoms with Gasteiger partial charge in [0.25, 0.3) is 0 Å². The smallest absolute Gasteiger partial charge is 0.211 e. The van der Waals surface area contributed by atoms with Gasteiger partial charge in [-0.25, -0.2) is 8.42 Å². The van der Waals surface area contributed by atoms with Crippen LogP contribution in [0.3, 0.4) is 0 Å². The molecular weight excluding hydrogens is 546 g/mol. The molecule has 1 saturated heterocycles. The largest absolute Gasteiger partial charge is 0.487 e. The molecule has 2 aromatic rings. The molecule has 0 bridgehead atoms. The molecule has 3 aliphatic rings. The minimum atomic E-state index is -3.38. The van der Waals surface area contributed by atoms with Crippen LogP contribution in [0.2, 0.25) is 5.02 Å². The molecule has 0 aliphatic carbocycles. The number of rotatable bonds is 8. The van der Waals surface area contributed by atoms with Gasteiger partial charge in [0.1, 0.15) is 12.4 Å². The first-order valence-corrected chi connectivity index (χ1v) is 16.1. The first-order chi connectivity index (χ1) is 19.0. The second kappa shape index (κ2) is 11.8. The van der Waals surface area contributed by atoms with E-state index in [1.807, 2.05) is 36.5 Å². The van der Waals surface area contributed by atoms with Gasteiger partial charge in [0.05, 0.1) is 17.6 Å². The summed E-state index contributed by atoms with van der Waals surface area (Å²) in [5, 5.41) is 11.3. The van der Waals surface area contributed by atoms with E-state index in [1.54, 1.807) is 30.3 Å². The van der Waals surface area contributed by atoms with Crippen LogP contribution in [-0.2, 0) is 22.2 Å². The first kappa shape index (κ1) is 29.0. The third-order valence-corrected chi connectivity index (χ3v) is 9.44. The van der Waals surface area contributed by atoms with Gasteiger partial charge in [0, 0.05) is 42.5 Å². The van der Waals surface area contributed by atoms with Crippen LogP contribution in [0.25, 0.3) is 5.57 Å². The van der Waals surface area contributed by atoms with Crippen molar-refractivity contribution in [2.24, 2.45) is 4.99 Å². The molecule has 1 N–H and O–H groups in total. The summed E-state index contributed by atoms with van der Waals surface area (Å²) >= 11 is 6.02. The van der Waals surface area contributed by atoms with Gasteiger partial charge < -0.3 is 14.7 Å². The molecule has 1 fully saturated rings. The van der Waals surface area contributed by atoms with Crippen molar-refractivity contribution in [3.63, 3.8) is 0 Å². The standard InChI is InChI=1S/C31H38ClN3O4S/c1-31(2,36)23-10-13-30-28(18-23)26(27-6-4-15-33-29(27)21-39-30)7-5-16-34-17-14-25(20-34)35(40(3,37)38)19-22-8-11-24(32)12-9-22/h7-13,15,18,25,36H,4-6,14,16-17,19-21H2,1-3H3/b26-7+/t25-/m0/s1. The number of likely N-dealkylation sites (tertiary alicyclic amines) is 1. The summed E-state index contributed by atoms with van der Waals surface area (Å²) in [6.45, 7) is 6.73. The Morgan fingerprint density at radius 2 is 2.00 bits per heavy atom. The number of ether oxygens (including phenoxy) is 1. The minimum absolute atomic E-state index is 0.0679. The Labute approximate surface area is 242 Å². The van der Waals surface area contributed by atoms with Crippen LogP contribution in [0.4, 0.5) is 0 Å². The molecule has 2 aromatic carbocycles. The van der Waals surface area contributed by atoms with Crippen LogP contribution in [0.15, 0.2) is 64.8 Å². The summed E-state index contributed by atoms with van der Waals surface area (Å²) in [6.07, 6.45) is 8.92. The lowest BCUT2D eigenvalue weighted by Crippen LogP contribution is -2.41. The number of benzene rings is 2. The highest BCUT2D eigenvalue weighted by atomic mass is 35.5. The molecule has 7 nitrogen and oxygen atoms in total. The van der Waals surface area contributed by atoms with Gasteiger partial charge in [-0.2, -0.15) is 4.31 Å². The Hall–Kier alpha value is -2.49. The Balaban J connectivity index is 1.33. The summed E-state index contributed by atoms with van der Waals surface area (Å²) in [5.41, 5.74) is 5.10. The van der Waals surface area contributed by atoms with Gasteiger partial charge in [0.15, 0.2) is 0 Å². The predicted molar refractivity (Wildman–Crippen MR) is 161 cm³/mol. The average Bonchev–Trinajstić information content (AvgIpc) is 3.30. The number of hydrogen-bond donors (Lipinski definition) is 1. The van der Waals surface area contributed by atoms with Gasteiger partial charge in [-0.1, -0.05) is 35.9 Å². The molecule has 0 spiro atoms. The molecule has 0 radical (unpaired) electrons. The van der Waals surface area contributed by atoms with Crippen LogP contribution in [0.1, 0.15) is 56.2 Å². The topological polar surface area (TPSA) is 82.4 Å². The summed E-state index contributed by atoms with van der Waals surface area (Å²) in [7, 11) is -3.38. The molecule has 5 rings (SSSR count). The fraction of sp³-hybridized carbons (Fsp3) is 0.452. The number of hydrogen-bond acceptors (Lipinski definition) is 6. The second-order valence-corrected chi connectivity index (χ2v) is 13.8. The van der Waals surface area contributed by atoms with E-state index in [9.17, 15) is 13.5 Å². The van der Waals surface area contributed by atoms with Crippen molar-refractivity contribution < 1.29 is 18.3 Å².